The Bertz CT molecular complexity index is 1180. The van der Waals surface area contributed by atoms with Gasteiger partial charge in [-0.1, -0.05) is 30.3 Å². The number of carbonyl (C=O) groups is 1. The van der Waals surface area contributed by atoms with Crippen molar-refractivity contribution in [3.8, 4) is 0 Å². The highest BCUT2D eigenvalue weighted by molar-refractivity contribution is 7.92. The highest BCUT2D eigenvalue weighted by Gasteiger charge is 2.29. The molecule has 0 spiro atoms. The summed E-state index contributed by atoms with van der Waals surface area (Å²) in [6, 6.07) is 15.5. The van der Waals surface area contributed by atoms with Crippen LogP contribution in [-0.4, -0.2) is 44.1 Å². The first kappa shape index (κ1) is 21.0. The van der Waals surface area contributed by atoms with Gasteiger partial charge in [-0.2, -0.15) is 0 Å². The minimum Gasteiger partial charge on any atom is -0.466 e. The zero-order valence-corrected chi connectivity index (χ0v) is 18.0. The average molecular weight is 441 g/mol. The van der Waals surface area contributed by atoms with E-state index in [0.29, 0.717) is 49.4 Å². The first-order chi connectivity index (χ1) is 15.0. The van der Waals surface area contributed by atoms with E-state index in [9.17, 15) is 13.2 Å². The Morgan fingerprint density at radius 1 is 1.03 bits per heavy atom. The van der Waals surface area contributed by atoms with Crippen LogP contribution in [0.5, 0.6) is 0 Å². The molecule has 0 amide bonds. The molecule has 1 N–H and O–H groups in total. The van der Waals surface area contributed by atoms with Crippen molar-refractivity contribution in [1.29, 1.82) is 0 Å². The first-order valence-electron chi connectivity index (χ1n) is 10.2. The van der Waals surface area contributed by atoms with Gasteiger partial charge in [0.1, 0.15) is 0 Å². The quantitative estimate of drug-likeness (QED) is 0.587. The van der Waals surface area contributed by atoms with Crippen molar-refractivity contribution in [3.05, 3.63) is 54.6 Å². The largest absolute Gasteiger partial charge is 0.466 e. The zero-order chi connectivity index (χ0) is 21.8. The Labute approximate surface area is 181 Å². The molecule has 0 unspecified atom stereocenters. The van der Waals surface area contributed by atoms with Crippen LogP contribution in [0.3, 0.4) is 0 Å². The van der Waals surface area contributed by atoms with Crippen LogP contribution in [0.2, 0.25) is 0 Å². The summed E-state index contributed by atoms with van der Waals surface area (Å²) in [5, 5.41) is 0. The second-order valence-corrected chi connectivity index (χ2v) is 9.00. The maximum atomic E-state index is 12.9. The summed E-state index contributed by atoms with van der Waals surface area (Å²) in [5.74, 6) is 0.295. The van der Waals surface area contributed by atoms with Gasteiger partial charge in [0.05, 0.1) is 28.5 Å². The van der Waals surface area contributed by atoms with Crippen molar-refractivity contribution in [2.75, 3.05) is 29.3 Å². The highest BCUT2D eigenvalue weighted by Crippen LogP contribution is 2.30. The molecule has 2 aromatic carbocycles. The van der Waals surface area contributed by atoms with Gasteiger partial charge in [0, 0.05) is 13.1 Å². The molecule has 1 fully saturated rings. The number of sulfonamides is 1. The number of benzene rings is 2. The molecule has 0 saturated carbocycles. The van der Waals surface area contributed by atoms with Crippen molar-refractivity contribution in [1.82, 2.24) is 9.97 Å². The molecule has 8 nitrogen and oxygen atoms in total. The molecule has 3 aromatic rings. The van der Waals surface area contributed by atoms with Gasteiger partial charge in [0.25, 0.3) is 10.0 Å². The van der Waals surface area contributed by atoms with E-state index in [0.717, 1.165) is 0 Å². The Hall–Kier alpha value is -3.20. The SMILES string of the molecule is CCOC(=O)C1CCN(c2nc3ccccc3nc2NS(=O)(=O)c2ccccc2)CC1. The minimum absolute atomic E-state index is 0.150. The molecule has 9 heteroatoms. The van der Waals surface area contributed by atoms with Crippen LogP contribution in [0.1, 0.15) is 19.8 Å². The maximum Gasteiger partial charge on any atom is 0.309 e. The van der Waals surface area contributed by atoms with Gasteiger partial charge in [-0.05, 0) is 44.0 Å². The van der Waals surface area contributed by atoms with E-state index in [1.807, 2.05) is 23.1 Å². The molecule has 2 heterocycles. The van der Waals surface area contributed by atoms with E-state index in [-0.39, 0.29) is 22.6 Å². The van der Waals surface area contributed by atoms with Crippen molar-refractivity contribution < 1.29 is 17.9 Å². The number of nitrogens with one attached hydrogen (secondary N) is 1. The van der Waals surface area contributed by atoms with Crippen molar-refractivity contribution in [3.63, 3.8) is 0 Å². The Morgan fingerprint density at radius 2 is 1.65 bits per heavy atom. The highest BCUT2D eigenvalue weighted by atomic mass is 32.2. The van der Waals surface area contributed by atoms with Crippen LogP contribution in [-0.2, 0) is 19.6 Å². The molecule has 1 aliphatic heterocycles. The van der Waals surface area contributed by atoms with Crippen molar-refractivity contribution >= 4 is 38.7 Å². The number of piperidine rings is 1. The third kappa shape index (κ3) is 4.61. The van der Waals surface area contributed by atoms with Crippen LogP contribution < -0.4 is 9.62 Å². The van der Waals surface area contributed by atoms with Gasteiger partial charge >= 0.3 is 5.97 Å². The smallest absolute Gasteiger partial charge is 0.309 e. The molecule has 162 valence electrons. The van der Waals surface area contributed by atoms with Gasteiger partial charge < -0.3 is 9.64 Å². The summed E-state index contributed by atoms with van der Waals surface area (Å²) >= 11 is 0. The van der Waals surface area contributed by atoms with E-state index < -0.39 is 10.0 Å². The number of anilines is 2. The number of nitrogens with zero attached hydrogens (tertiary/aromatic N) is 3. The van der Waals surface area contributed by atoms with Gasteiger partial charge in [0.2, 0.25) is 0 Å². The van der Waals surface area contributed by atoms with Gasteiger partial charge in [-0.3, -0.25) is 9.52 Å². The minimum atomic E-state index is -3.83. The molecular formula is C22H24N4O4S. The van der Waals surface area contributed by atoms with E-state index in [1.54, 1.807) is 31.2 Å². The summed E-state index contributed by atoms with van der Waals surface area (Å²) in [4.78, 5) is 23.4. The van der Waals surface area contributed by atoms with Crippen LogP contribution in [0.25, 0.3) is 11.0 Å². The number of hydrogen-bond acceptors (Lipinski definition) is 7. The summed E-state index contributed by atoms with van der Waals surface area (Å²) in [6.45, 7) is 3.26. The second-order valence-electron chi connectivity index (χ2n) is 7.32. The molecule has 1 aliphatic rings. The average Bonchev–Trinajstić information content (AvgIpc) is 2.79. The Kier molecular flexibility index (Phi) is 6.03. The molecule has 0 atom stereocenters. The number of carbonyl (C=O) groups excluding carboxylic acids is 1. The predicted molar refractivity (Wildman–Crippen MR) is 118 cm³/mol. The molecule has 0 aliphatic carbocycles. The van der Waals surface area contributed by atoms with Crippen LogP contribution >= 0.6 is 0 Å². The summed E-state index contributed by atoms with van der Waals surface area (Å²) in [5.41, 5.74) is 1.27. The predicted octanol–water partition coefficient (Wildman–Crippen LogP) is 3.21. The molecule has 0 bridgehead atoms. The maximum absolute atomic E-state index is 12.9. The van der Waals surface area contributed by atoms with E-state index in [2.05, 4.69) is 9.71 Å². The fraction of sp³-hybridized carbons (Fsp3) is 0.318. The normalized spacial score (nSPS) is 15.1. The van der Waals surface area contributed by atoms with E-state index in [1.165, 1.54) is 12.1 Å². The number of rotatable bonds is 6. The molecule has 1 aromatic heterocycles. The molecular weight excluding hydrogens is 416 g/mol. The molecule has 4 rings (SSSR count). The lowest BCUT2D eigenvalue weighted by Gasteiger charge is -2.32. The Balaban J connectivity index is 1.66. The molecule has 31 heavy (non-hydrogen) atoms. The van der Waals surface area contributed by atoms with E-state index in [4.69, 9.17) is 9.72 Å². The lowest BCUT2D eigenvalue weighted by Crippen LogP contribution is -2.38. The first-order valence-corrected chi connectivity index (χ1v) is 11.7. The van der Waals surface area contributed by atoms with Crippen molar-refractivity contribution in [2.45, 2.75) is 24.7 Å². The number of aromatic nitrogens is 2. The third-order valence-corrected chi connectivity index (χ3v) is 6.61. The number of para-hydroxylation sites is 2. The van der Waals surface area contributed by atoms with Crippen LogP contribution in [0.15, 0.2) is 59.5 Å². The lowest BCUT2D eigenvalue weighted by atomic mass is 9.97. The van der Waals surface area contributed by atoms with Gasteiger partial charge in [-0.25, -0.2) is 18.4 Å². The molecule has 1 saturated heterocycles. The number of fused-ring (bicyclic) bond motifs is 1. The number of hydrogen-bond donors (Lipinski definition) is 1. The zero-order valence-electron chi connectivity index (χ0n) is 17.2. The summed E-state index contributed by atoms with van der Waals surface area (Å²) < 4.78 is 33.6. The molecule has 0 radical (unpaired) electrons. The number of ether oxygens (including phenoxy) is 1. The topological polar surface area (TPSA) is 101 Å². The van der Waals surface area contributed by atoms with Crippen molar-refractivity contribution in [2.24, 2.45) is 5.92 Å². The van der Waals surface area contributed by atoms with Crippen LogP contribution in [0, 0.1) is 5.92 Å². The summed E-state index contributed by atoms with van der Waals surface area (Å²) in [7, 11) is -3.83. The van der Waals surface area contributed by atoms with Gasteiger partial charge in [0.15, 0.2) is 11.6 Å². The van der Waals surface area contributed by atoms with Crippen LogP contribution in [0.4, 0.5) is 11.6 Å². The lowest BCUT2D eigenvalue weighted by molar-refractivity contribution is -0.148. The standard InChI is InChI=1S/C22H24N4O4S/c1-2-30-22(27)16-12-14-26(15-13-16)21-20(23-18-10-6-7-11-19(18)24-21)25-31(28,29)17-8-4-3-5-9-17/h3-11,16H,2,12-15H2,1H3,(H,23,25). The summed E-state index contributed by atoms with van der Waals surface area (Å²) in [6.07, 6.45) is 1.22. The second kappa shape index (κ2) is 8.89. The van der Waals surface area contributed by atoms with Gasteiger partial charge in [-0.15, -0.1) is 0 Å². The monoisotopic (exact) mass is 440 g/mol. The third-order valence-electron chi connectivity index (χ3n) is 5.25. The Morgan fingerprint density at radius 3 is 2.29 bits per heavy atom. The van der Waals surface area contributed by atoms with E-state index >= 15 is 0 Å². The number of esters is 1. The fourth-order valence-corrected chi connectivity index (χ4v) is 4.68. The fourth-order valence-electron chi connectivity index (χ4n) is 3.65.